The van der Waals surface area contributed by atoms with Crippen LogP contribution in [-0.4, -0.2) is 11.1 Å². The zero-order valence-electron chi connectivity index (χ0n) is 36.7. The smallest absolute Gasteiger partial charge is 0.300 e. The minimum absolute atomic E-state index is 0. The minimum atomic E-state index is -0.833. The fourth-order valence-corrected chi connectivity index (χ4v) is 9.72. The first-order valence-corrected chi connectivity index (χ1v) is 22.3. The second-order valence-corrected chi connectivity index (χ2v) is 16.6. The van der Waals surface area contributed by atoms with E-state index in [1.807, 2.05) is 0 Å². The third-order valence-electron chi connectivity index (χ3n) is 12.6. The average Bonchev–Trinajstić information content (AvgIpc) is 3.37. The predicted octanol–water partition coefficient (Wildman–Crippen LogP) is 17.3. The van der Waals surface area contributed by atoms with E-state index in [0.29, 0.717) is 0 Å². The zero-order chi connectivity index (χ0) is 44.6. The van der Waals surface area contributed by atoms with Gasteiger partial charge in [-0.2, -0.15) is 0 Å². The average molecular weight is 955 g/mol. The number of hydrogen-bond donors (Lipinski definition) is 1. The molecule has 0 saturated heterocycles. The van der Waals surface area contributed by atoms with E-state index in [4.69, 9.17) is 9.90 Å². The number of hydrogen-bond acceptors (Lipinski definition) is 3. The van der Waals surface area contributed by atoms with Gasteiger partial charge >= 0.3 is 0 Å². The van der Waals surface area contributed by atoms with Gasteiger partial charge in [-0.1, -0.05) is 170 Å². The van der Waals surface area contributed by atoms with Crippen LogP contribution in [0.5, 0.6) is 0 Å². The summed E-state index contributed by atoms with van der Waals surface area (Å²) in [6.45, 7) is 1.08. The molecule has 0 aliphatic heterocycles. The van der Waals surface area contributed by atoms with Gasteiger partial charge in [-0.15, -0.1) is 0 Å². The van der Waals surface area contributed by atoms with Crippen molar-refractivity contribution in [1.82, 2.24) is 0 Å². The monoisotopic (exact) mass is 954 g/mol. The molecule has 0 aliphatic rings. The summed E-state index contributed by atoms with van der Waals surface area (Å²) in [4.78, 5) is 13.7. The molecule has 0 atom stereocenters. The maximum Gasteiger partial charge on any atom is 0.300 e. The maximum absolute atomic E-state index is 9.00. The number of para-hydroxylation sites is 2. The van der Waals surface area contributed by atoms with Crippen molar-refractivity contribution in [3.8, 4) is 11.1 Å². The summed E-state index contributed by atoms with van der Waals surface area (Å²) in [5.41, 5.74) is 9.02. The van der Waals surface area contributed by atoms with Crippen molar-refractivity contribution in [2.75, 3.05) is 9.80 Å². The summed E-state index contributed by atoms with van der Waals surface area (Å²) < 4.78 is 0. The Kier molecular flexibility index (Phi) is 11.8. The minimum Gasteiger partial charge on any atom is -0.481 e. The third kappa shape index (κ3) is 8.06. The SMILES string of the molecule is CC(=O)O.[Pd].c1ccc(N(c2ccc(-c3ccc(N(c4ccccc4)c4ccc5c6ccccc6c6ccccc6c5c4)cc3)cc2)c2ccc3c4ccccc4c4ccccc4c3c2)cc1. The molecular formula is C62H44N2O2Pd. The first-order valence-electron chi connectivity index (χ1n) is 22.3. The van der Waals surface area contributed by atoms with Gasteiger partial charge in [0.05, 0.1) is 0 Å². The van der Waals surface area contributed by atoms with Crippen LogP contribution in [0, 0.1) is 0 Å². The second-order valence-electron chi connectivity index (χ2n) is 16.6. The van der Waals surface area contributed by atoms with Gasteiger partial charge in [0, 0.05) is 61.5 Å². The molecule has 0 saturated carbocycles. The molecule has 4 nitrogen and oxygen atoms in total. The molecule has 0 bridgehead atoms. The largest absolute Gasteiger partial charge is 0.481 e. The van der Waals surface area contributed by atoms with Crippen LogP contribution in [0.15, 0.2) is 243 Å². The molecule has 0 fully saturated rings. The standard InChI is InChI=1S/C60H40N2.C2H4O2.Pd/c1-3-15-43(16-4-1)61(47-35-37-57-53-23-9-7-19-49(53)51-21-11-13-25-55(51)59(57)39-47)45-31-27-41(28-32-45)42-29-33-46(34-30-42)62(44-17-5-2-6-18-44)48-36-38-58-54-24-10-8-20-50(54)52-22-12-14-26-56(52)60(58)40-48;1-2(3)4;/h1-40H;1H3,(H,3,4);. The molecule has 0 aliphatic carbocycles. The van der Waals surface area contributed by atoms with Gasteiger partial charge in [0.1, 0.15) is 0 Å². The van der Waals surface area contributed by atoms with Gasteiger partial charge in [0.2, 0.25) is 0 Å². The quantitative estimate of drug-likeness (QED) is 0.128. The number of aliphatic carboxylic acids is 1. The Balaban J connectivity index is 0.00000101. The van der Waals surface area contributed by atoms with Crippen LogP contribution < -0.4 is 9.80 Å². The van der Waals surface area contributed by atoms with Crippen molar-refractivity contribution in [3.05, 3.63) is 243 Å². The molecule has 12 aromatic carbocycles. The molecule has 67 heavy (non-hydrogen) atoms. The zero-order valence-corrected chi connectivity index (χ0v) is 38.2. The van der Waals surface area contributed by atoms with Crippen LogP contribution >= 0.6 is 0 Å². The van der Waals surface area contributed by atoms with E-state index in [1.165, 1.54) is 75.8 Å². The Labute approximate surface area is 403 Å². The van der Waals surface area contributed by atoms with Crippen molar-refractivity contribution in [2.24, 2.45) is 0 Å². The molecule has 0 unspecified atom stereocenters. The third-order valence-corrected chi connectivity index (χ3v) is 12.6. The van der Waals surface area contributed by atoms with Crippen LogP contribution in [0.4, 0.5) is 34.1 Å². The Morgan fingerprint density at radius 3 is 0.776 bits per heavy atom. The molecule has 1 N–H and O–H groups in total. The van der Waals surface area contributed by atoms with E-state index in [-0.39, 0.29) is 20.4 Å². The molecule has 0 amide bonds. The van der Waals surface area contributed by atoms with Gasteiger partial charge < -0.3 is 14.9 Å². The Morgan fingerprint density at radius 1 is 0.284 bits per heavy atom. The van der Waals surface area contributed by atoms with Crippen LogP contribution in [0.2, 0.25) is 0 Å². The first kappa shape index (κ1) is 42.9. The molecule has 5 heteroatoms. The van der Waals surface area contributed by atoms with Gasteiger partial charge in [-0.25, -0.2) is 0 Å². The Hall–Kier alpha value is -8.07. The van der Waals surface area contributed by atoms with Crippen molar-refractivity contribution in [2.45, 2.75) is 6.92 Å². The number of carboxylic acid groups (broad SMARTS) is 1. The number of fused-ring (bicyclic) bond motifs is 12. The van der Waals surface area contributed by atoms with Crippen LogP contribution in [0.25, 0.3) is 75.8 Å². The molecule has 0 heterocycles. The van der Waals surface area contributed by atoms with E-state index in [1.54, 1.807) is 0 Å². The van der Waals surface area contributed by atoms with Crippen molar-refractivity contribution in [1.29, 1.82) is 0 Å². The van der Waals surface area contributed by atoms with Gasteiger partial charge in [0.15, 0.2) is 0 Å². The van der Waals surface area contributed by atoms with Crippen LogP contribution in [0.3, 0.4) is 0 Å². The molecule has 324 valence electrons. The maximum atomic E-state index is 9.00. The number of rotatable bonds is 7. The molecule has 0 spiro atoms. The van der Waals surface area contributed by atoms with Crippen molar-refractivity contribution < 1.29 is 30.3 Å². The fourth-order valence-electron chi connectivity index (χ4n) is 9.72. The number of nitrogens with zero attached hydrogens (tertiary/aromatic N) is 2. The fraction of sp³-hybridized carbons (Fsp3) is 0.0161. The summed E-state index contributed by atoms with van der Waals surface area (Å²) in [6, 6.07) is 88.3. The van der Waals surface area contributed by atoms with Crippen LogP contribution in [-0.2, 0) is 25.2 Å². The first-order chi connectivity index (χ1) is 32.5. The van der Waals surface area contributed by atoms with E-state index in [9.17, 15) is 0 Å². The van der Waals surface area contributed by atoms with E-state index in [2.05, 4.69) is 252 Å². The van der Waals surface area contributed by atoms with E-state index >= 15 is 0 Å². The number of anilines is 6. The Morgan fingerprint density at radius 2 is 0.493 bits per heavy atom. The van der Waals surface area contributed by atoms with E-state index < -0.39 is 5.97 Å². The predicted molar refractivity (Wildman–Crippen MR) is 280 cm³/mol. The van der Waals surface area contributed by atoms with E-state index in [0.717, 1.165) is 41.0 Å². The molecule has 12 rings (SSSR count). The summed E-state index contributed by atoms with van der Waals surface area (Å²) in [6.07, 6.45) is 0. The summed E-state index contributed by atoms with van der Waals surface area (Å²) in [5, 5.41) is 22.7. The summed E-state index contributed by atoms with van der Waals surface area (Å²) >= 11 is 0. The molecule has 0 aromatic heterocycles. The Bertz CT molecular complexity index is 3430. The van der Waals surface area contributed by atoms with Gasteiger partial charge in [-0.3, -0.25) is 4.79 Å². The number of benzene rings is 12. The normalized spacial score (nSPS) is 11.1. The molecule has 0 radical (unpaired) electrons. The van der Waals surface area contributed by atoms with Gasteiger partial charge in [-0.05, 0) is 149 Å². The van der Waals surface area contributed by atoms with Crippen LogP contribution in [0.1, 0.15) is 6.92 Å². The summed E-state index contributed by atoms with van der Waals surface area (Å²) in [5.74, 6) is -0.833. The van der Waals surface area contributed by atoms with Crippen molar-refractivity contribution in [3.63, 3.8) is 0 Å². The number of carbonyl (C=O) groups is 1. The van der Waals surface area contributed by atoms with Gasteiger partial charge in [0.25, 0.3) is 5.97 Å². The molecular weight excluding hydrogens is 911 g/mol. The number of carboxylic acids is 1. The van der Waals surface area contributed by atoms with Crippen molar-refractivity contribution >= 4 is 105 Å². The second kappa shape index (κ2) is 18.4. The summed E-state index contributed by atoms with van der Waals surface area (Å²) in [7, 11) is 0. The molecule has 12 aromatic rings. The topological polar surface area (TPSA) is 43.8 Å².